The lowest BCUT2D eigenvalue weighted by Crippen LogP contribution is -2.06. The summed E-state index contributed by atoms with van der Waals surface area (Å²) in [6.07, 6.45) is 12.4. The summed E-state index contributed by atoms with van der Waals surface area (Å²) < 4.78 is 0. The van der Waals surface area contributed by atoms with Gasteiger partial charge in [0.1, 0.15) is 6.04 Å². The van der Waals surface area contributed by atoms with Gasteiger partial charge >= 0.3 is 0 Å². The summed E-state index contributed by atoms with van der Waals surface area (Å²) in [5.41, 5.74) is 1.44. The molecule has 13 heavy (non-hydrogen) atoms. The lowest BCUT2D eigenvalue weighted by atomic mass is 9.92. The van der Waals surface area contributed by atoms with Crippen LogP contribution in [0.2, 0.25) is 0 Å². The average molecular weight is 177 g/mol. The van der Waals surface area contributed by atoms with Crippen molar-refractivity contribution >= 4 is 0 Å². The first kappa shape index (κ1) is 8.67. The highest BCUT2D eigenvalue weighted by Crippen LogP contribution is 2.33. The van der Waals surface area contributed by atoms with Gasteiger partial charge in [0.05, 0.1) is 0 Å². The minimum Gasteiger partial charge on any atom is -0.150 e. The van der Waals surface area contributed by atoms with Crippen LogP contribution in [-0.2, 0) is 0 Å². The number of hydrogen-bond acceptors (Lipinski definition) is 2. The van der Waals surface area contributed by atoms with Crippen molar-refractivity contribution in [3.05, 3.63) is 28.7 Å². The van der Waals surface area contributed by atoms with Crippen LogP contribution in [0.1, 0.15) is 32.1 Å². The molecule has 0 spiro atoms. The number of hydrogen-bond donors (Lipinski definition) is 0. The highest BCUT2D eigenvalue weighted by atomic mass is 16.3. The zero-order valence-electron chi connectivity index (χ0n) is 7.78. The molecular formula is C11H15NO. The first-order chi connectivity index (χ1) is 6.40. The second-order valence-electron chi connectivity index (χ2n) is 3.95. The molecule has 1 saturated carbocycles. The summed E-state index contributed by atoms with van der Waals surface area (Å²) in [5.74, 6) is 0.767. The number of nitroso groups, excluding NO2 is 1. The lowest BCUT2D eigenvalue weighted by molar-refractivity contribution is 0.643. The number of allylic oxidation sites excluding steroid dienone is 2. The molecule has 0 aromatic rings. The third kappa shape index (κ3) is 1.87. The molecule has 0 aliphatic heterocycles. The van der Waals surface area contributed by atoms with E-state index < -0.39 is 0 Å². The zero-order valence-corrected chi connectivity index (χ0v) is 7.78. The quantitative estimate of drug-likeness (QED) is 0.595. The average Bonchev–Trinajstić information content (AvgIpc) is 2.71. The van der Waals surface area contributed by atoms with Crippen molar-refractivity contribution in [2.75, 3.05) is 0 Å². The molecule has 70 valence electrons. The van der Waals surface area contributed by atoms with E-state index in [1.165, 1.54) is 31.3 Å². The van der Waals surface area contributed by atoms with E-state index in [0.717, 1.165) is 12.3 Å². The van der Waals surface area contributed by atoms with E-state index in [2.05, 4.69) is 17.3 Å². The fourth-order valence-electron chi connectivity index (χ4n) is 2.27. The maximum atomic E-state index is 10.3. The van der Waals surface area contributed by atoms with Crippen molar-refractivity contribution in [2.24, 2.45) is 11.1 Å². The van der Waals surface area contributed by atoms with Crippen molar-refractivity contribution in [3.63, 3.8) is 0 Å². The Labute approximate surface area is 78.7 Å². The molecule has 2 rings (SSSR count). The van der Waals surface area contributed by atoms with Crippen LogP contribution in [0.4, 0.5) is 0 Å². The second kappa shape index (κ2) is 3.86. The van der Waals surface area contributed by atoms with E-state index in [4.69, 9.17) is 0 Å². The predicted octanol–water partition coefficient (Wildman–Crippen LogP) is 3.20. The summed E-state index contributed by atoms with van der Waals surface area (Å²) in [6, 6.07) is -0.106. The van der Waals surface area contributed by atoms with Gasteiger partial charge in [0, 0.05) is 0 Å². The molecule has 1 unspecified atom stereocenters. The van der Waals surface area contributed by atoms with E-state index in [1.807, 2.05) is 6.08 Å². The van der Waals surface area contributed by atoms with Crippen LogP contribution < -0.4 is 0 Å². The molecule has 2 aliphatic carbocycles. The summed E-state index contributed by atoms with van der Waals surface area (Å²) in [6.45, 7) is 0. The molecule has 0 bridgehead atoms. The van der Waals surface area contributed by atoms with Gasteiger partial charge in [-0.25, -0.2) is 0 Å². The van der Waals surface area contributed by atoms with E-state index >= 15 is 0 Å². The van der Waals surface area contributed by atoms with E-state index in [-0.39, 0.29) is 6.04 Å². The van der Waals surface area contributed by atoms with Crippen molar-refractivity contribution in [2.45, 2.75) is 38.1 Å². The Kier molecular flexibility index (Phi) is 2.57. The smallest absolute Gasteiger partial charge is 0.114 e. The fraction of sp³-hybridized carbons (Fsp3) is 0.636. The van der Waals surface area contributed by atoms with Gasteiger partial charge in [-0.2, -0.15) is 4.91 Å². The van der Waals surface area contributed by atoms with Crippen LogP contribution in [0, 0.1) is 10.8 Å². The Morgan fingerprint density at radius 2 is 2.08 bits per heavy atom. The van der Waals surface area contributed by atoms with Gasteiger partial charge in [-0.15, -0.1) is 0 Å². The Morgan fingerprint density at radius 3 is 2.62 bits per heavy atom. The van der Waals surface area contributed by atoms with Crippen LogP contribution in [0.5, 0.6) is 0 Å². The van der Waals surface area contributed by atoms with Gasteiger partial charge in [0.25, 0.3) is 0 Å². The molecular weight excluding hydrogens is 162 g/mol. The first-order valence-corrected chi connectivity index (χ1v) is 5.11. The third-order valence-electron chi connectivity index (χ3n) is 3.07. The fourth-order valence-corrected chi connectivity index (χ4v) is 2.27. The van der Waals surface area contributed by atoms with Gasteiger partial charge in [0.15, 0.2) is 0 Å². The summed E-state index contributed by atoms with van der Waals surface area (Å²) in [5, 5.41) is 3.03. The standard InChI is InChI=1S/C11H15NO/c13-12-11-7-5-10(6-8-11)9-3-1-2-4-9/h5-7,9,11H,1-4,8H2. The molecule has 0 aromatic carbocycles. The molecule has 2 aliphatic rings. The van der Waals surface area contributed by atoms with Crippen LogP contribution in [0.3, 0.4) is 0 Å². The van der Waals surface area contributed by atoms with Crippen molar-refractivity contribution in [1.82, 2.24) is 0 Å². The predicted molar refractivity (Wildman–Crippen MR) is 53.4 cm³/mol. The number of nitrogens with zero attached hydrogens (tertiary/aromatic N) is 1. The SMILES string of the molecule is O=NC1C=CC(C2CCCC2)=CC1. The monoisotopic (exact) mass is 177 g/mol. The highest BCUT2D eigenvalue weighted by Gasteiger charge is 2.19. The van der Waals surface area contributed by atoms with Crippen LogP contribution in [-0.4, -0.2) is 6.04 Å². The topological polar surface area (TPSA) is 29.4 Å². The van der Waals surface area contributed by atoms with Crippen LogP contribution in [0.25, 0.3) is 0 Å². The zero-order chi connectivity index (χ0) is 9.10. The molecule has 0 amide bonds. The molecule has 2 nitrogen and oxygen atoms in total. The van der Waals surface area contributed by atoms with E-state index in [0.29, 0.717) is 0 Å². The van der Waals surface area contributed by atoms with Crippen molar-refractivity contribution < 1.29 is 0 Å². The number of rotatable bonds is 2. The Balaban J connectivity index is 1.98. The first-order valence-electron chi connectivity index (χ1n) is 5.11. The highest BCUT2D eigenvalue weighted by molar-refractivity contribution is 5.28. The minimum atomic E-state index is -0.106. The van der Waals surface area contributed by atoms with Gasteiger partial charge < -0.3 is 0 Å². The van der Waals surface area contributed by atoms with Crippen LogP contribution >= 0.6 is 0 Å². The van der Waals surface area contributed by atoms with Crippen molar-refractivity contribution in [1.29, 1.82) is 0 Å². The molecule has 0 radical (unpaired) electrons. The maximum Gasteiger partial charge on any atom is 0.114 e. The molecule has 1 atom stereocenters. The van der Waals surface area contributed by atoms with Gasteiger partial charge in [-0.05, 0) is 30.8 Å². The van der Waals surface area contributed by atoms with E-state index in [9.17, 15) is 4.91 Å². The molecule has 0 saturated heterocycles. The lowest BCUT2D eigenvalue weighted by Gasteiger charge is -2.15. The third-order valence-corrected chi connectivity index (χ3v) is 3.07. The van der Waals surface area contributed by atoms with E-state index in [1.54, 1.807) is 0 Å². The summed E-state index contributed by atoms with van der Waals surface area (Å²) in [4.78, 5) is 10.3. The normalized spacial score (nSPS) is 28.9. The maximum absolute atomic E-state index is 10.3. The van der Waals surface area contributed by atoms with Gasteiger partial charge in [-0.1, -0.05) is 36.2 Å². The molecule has 1 fully saturated rings. The molecule has 0 N–H and O–H groups in total. The largest absolute Gasteiger partial charge is 0.150 e. The second-order valence-corrected chi connectivity index (χ2v) is 3.95. The Morgan fingerprint density at radius 1 is 1.31 bits per heavy atom. The Hall–Kier alpha value is -0.920. The van der Waals surface area contributed by atoms with Crippen LogP contribution in [0.15, 0.2) is 29.0 Å². The molecule has 2 heteroatoms. The van der Waals surface area contributed by atoms with Gasteiger partial charge in [0.2, 0.25) is 0 Å². The summed E-state index contributed by atoms with van der Waals surface area (Å²) >= 11 is 0. The minimum absolute atomic E-state index is 0.106. The molecule has 0 heterocycles. The molecule has 0 aromatic heterocycles. The Bertz CT molecular complexity index is 249. The summed E-state index contributed by atoms with van der Waals surface area (Å²) in [7, 11) is 0. The van der Waals surface area contributed by atoms with Gasteiger partial charge in [-0.3, -0.25) is 0 Å². The van der Waals surface area contributed by atoms with Crippen molar-refractivity contribution in [3.8, 4) is 0 Å².